The molecular weight excluding hydrogens is 176 g/mol. The van der Waals surface area contributed by atoms with E-state index >= 15 is 0 Å². The molecule has 0 unspecified atom stereocenters. The van der Waals surface area contributed by atoms with Crippen LogP contribution in [0.25, 0.3) is 0 Å². The molecule has 4 nitrogen and oxygen atoms in total. The zero-order chi connectivity index (χ0) is 11.0. The van der Waals surface area contributed by atoms with Crippen molar-refractivity contribution in [3.63, 3.8) is 0 Å². The molecule has 0 heterocycles. The molecule has 1 aromatic carbocycles. The first-order valence-electron chi connectivity index (χ1n) is 4.60. The van der Waals surface area contributed by atoms with Crippen molar-refractivity contribution >= 4 is 5.84 Å². The molecule has 4 heteroatoms. The Morgan fingerprint density at radius 1 is 1.36 bits per heavy atom. The van der Waals surface area contributed by atoms with Crippen LogP contribution < -0.4 is 17.1 Å². The molecule has 0 aliphatic heterocycles. The highest BCUT2D eigenvalue weighted by molar-refractivity contribution is 5.97. The number of amidine groups is 1. The number of benzene rings is 1. The summed E-state index contributed by atoms with van der Waals surface area (Å²) < 4.78 is 0. The molecule has 0 radical (unpaired) electrons. The van der Waals surface area contributed by atoms with Crippen LogP contribution in [0.2, 0.25) is 0 Å². The number of hydrazone groups is 1. The molecule has 0 saturated carbocycles. The van der Waals surface area contributed by atoms with Gasteiger partial charge in [-0.2, -0.15) is 0 Å². The molecule has 0 saturated heterocycles. The summed E-state index contributed by atoms with van der Waals surface area (Å²) in [5, 5.41) is 3.66. The lowest BCUT2D eigenvalue weighted by molar-refractivity contribution is 0.804. The summed E-state index contributed by atoms with van der Waals surface area (Å²) in [7, 11) is 0. The normalized spacial score (nSPS) is 10.1. The van der Waals surface area contributed by atoms with Crippen molar-refractivity contribution in [1.29, 1.82) is 0 Å². The van der Waals surface area contributed by atoms with E-state index in [-0.39, 0.29) is 0 Å². The molecule has 5 N–H and O–H groups in total. The molecule has 0 aliphatic carbocycles. The number of hydrogen-bond acceptors (Lipinski definition) is 3. The molecule has 0 spiro atoms. The highest BCUT2D eigenvalue weighted by atomic mass is 15.5. The fourth-order valence-corrected chi connectivity index (χ4v) is 0.938. The lowest BCUT2D eigenvalue weighted by Gasteiger charge is -2.00. The smallest absolute Gasteiger partial charge is 0.152 e. The molecule has 0 atom stereocenters. The van der Waals surface area contributed by atoms with Crippen LogP contribution in [0.1, 0.15) is 25.0 Å². The van der Waals surface area contributed by atoms with E-state index in [4.69, 9.17) is 11.6 Å². The molecular formula is C10H18N4. The number of hydrogen-bond donors (Lipinski definition) is 3. The van der Waals surface area contributed by atoms with Crippen LogP contribution in [0.5, 0.6) is 0 Å². The van der Waals surface area contributed by atoms with E-state index in [1.165, 1.54) is 0 Å². The van der Waals surface area contributed by atoms with Gasteiger partial charge in [-0.15, -0.1) is 5.10 Å². The summed E-state index contributed by atoms with van der Waals surface area (Å²) in [5.41, 5.74) is 9.74. The number of hydrazine groups is 1. The van der Waals surface area contributed by atoms with Crippen molar-refractivity contribution in [2.45, 2.75) is 20.8 Å². The minimum absolute atomic E-state index is 0.390. The van der Waals surface area contributed by atoms with Gasteiger partial charge in [0.05, 0.1) is 0 Å². The molecule has 0 aromatic heterocycles. The van der Waals surface area contributed by atoms with Gasteiger partial charge in [-0.25, -0.2) is 11.4 Å². The zero-order valence-corrected chi connectivity index (χ0v) is 8.91. The number of nitrogens with one attached hydrogen (secondary N) is 1. The van der Waals surface area contributed by atoms with Crippen LogP contribution in [-0.2, 0) is 0 Å². The van der Waals surface area contributed by atoms with Crippen molar-refractivity contribution in [3.05, 3.63) is 35.4 Å². The topological polar surface area (TPSA) is 76.4 Å². The van der Waals surface area contributed by atoms with E-state index in [2.05, 4.69) is 10.6 Å². The van der Waals surface area contributed by atoms with Crippen LogP contribution in [0.4, 0.5) is 0 Å². The van der Waals surface area contributed by atoms with Crippen molar-refractivity contribution < 1.29 is 0 Å². The number of rotatable bonds is 2. The van der Waals surface area contributed by atoms with Crippen molar-refractivity contribution in [1.82, 2.24) is 5.53 Å². The Hall–Kier alpha value is -1.55. The van der Waals surface area contributed by atoms with Gasteiger partial charge in [0.1, 0.15) is 0 Å². The Morgan fingerprint density at radius 3 is 2.50 bits per heavy atom. The molecule has 1 rings (SSSR count). The average Bonchev–Trinajstić information content (AvgIpc) is 2.21. The molecule has 0 bridgehead atoms. The first-order valence-corrected chi connectivity index (χ1v) is 4.60. The van der Waals surface area contributed by atoms with Gasteiger partial charge in [-0.1, -0.05) is 37.6 Å². The average molecular weight is 194 g/mol. The maximum Gasteiger partial charge on any atom is 0.152 e. The monoisotopic (exact) mass is 194 g/mol. The van der Waals surface area contributed by atoms with Gasteiger partial charge < -0.3 is 5.73 Å². The fourth-order valence-electron chi connectivity index (χ4n) is 0.938. The largest absolute Gasteiger partial charge is 0.382 e. The lowest BCUT2D eigenvalue weighted by Crippen LogP contribution is -2.22. The van der Waals surface area contributed by atoms with E-state index in [9.17, 15) is 0 Å². The van der Waals surface area contributed by atoms with Crippen LogP contribution >= 0.6 is 0 Å². The van der Waals surface area contributed by atoms with Crippen LogP contribution in [0.15, 0.2) is 29.4 Å². The highest BCUT2D eigenvalue weighted by Gasteiger charge is 1.96. The van der Waals surface area contributed by atoms with Gasteiger partial charge in [-0.3, -0.25) is 0 Å². The Bertz CT molecular complexity index is 294. The van der Waals surface area contributed by atoms with Crippen molar-refractivity contribution in [3.8, 4) is 0 Å². The van der Waals surface area contributed by atoms with Crippen molar-refractivity contribution in [2.24, 2.45) is 16.7 Å². The molecule has 14 heavy (non-hydrogen) atoms. The van der Waals surface area contributed by atoms with Crippen LogP contribution in [-0.4, -0.2) is 5.84 Å². The predicted octanol–water partition coefficient (Wildman–Crippen LogP) is 1.10. The van der Waals surface area contributed by atoms with Gasteiger partial charge in [0.25, 0.3) is 0 Å². The van der Waals surface area contributed by atoms with Crippen molar-refractivity contribution in [2.75, 3.05) is 0 Å². The summed E-state index contributed by atoms with van der Waals surface area (Å²) in [6, 6.07) is 7.73. The Morgan fingerprint density at radius 2 is 2.00 bits per heavy atom. The summed E-state index contributed by atoms with van der Waals surface area (Å²) in [6.45, 7) is 5.99. The first kappa shape index (κ1) is 12.4. The summed E-state index contributed by atoms with van der Waals surface area (Å²) in [4.78, 5) is 0. The molecule has 78 valence electrons. The third kappa shape index (κ3) is 3.91. The van der Waals surface area contributed by atoms with Gasteiger partial charge >= 0.3 is 0 Å². The fraction of sp³-hybridized carbons (Fsp3) is 0.300. The minimum atomic E-state index is 0.390. The SMILES string of the molecule is CC.Cc1cccc(/C(N)=N/NN)c1. The van der Waals surface area contributed by atoms with E-state index in [0.717, 1.165) is 11.1 Å². The Kier molecular flexibility index (Phi) is 6.15. The first-order chi connectivity index (χ1) is 6.74. The maximum atomic E-state index is 5.58. The second-order valence-electron chi connectivity index (χ2n) is 2.50. The number of aryl methyl sites for hydroxylation is 1. The minimum Gasteiger partial charge on any atom is -0.382 e. The summed E-state index contributed by atoms with van der Waals surface area (Å²) >= 11 is 0. The number of nitrogens with zero attached hydrogens (tertiary/aromatic N) is 1. The summed E-state index contributed by atoms with van der Waals surface area (Å²) in [6.07, 6.45) is 0. The predicted molar refractivity (Wildman–Crippen MR) is 60.6 cm³/mol. The Balaban J connectivity index is 0.000000791. The molecule has 0 amide bonds. The third-order valence-electron chi connectivity index (χ3n) is 1.50. The Labute approximate surface area is 85.0 Å². The second-order valence-corrected chi connectivity index (χ2v) is 2.50. The van der Waals surface area contributed by atoms with Gasteiger partial charge in [0.15, 0.2) is 5.84 Å². The standard InChI is InChI=1S/C8H12N4.C2H6/c1-6-3-2-4-7(5-6)8(9)11-12-10;1-2/h2-5,12H,10H2,1H3,(H2,9,11);1-2H3. The summed E-state index contributed by atoms with van der Waals surface area (Å²) in [5.74, 6) is 5.38. The van der Waals surface area contributed by atoms with E-state index in [1.54, 1.807) is 0 Å². The van der Waals surface area contributed by atoms with Crippen LogP contribution in [0.3, 0.4) is 0 Å². The van der Waals surface area contributed by atoms with Crippen LogP contribution in [0, 0.1) is 6.92 Å². The zero-order valence-electron chi connectivity index (χ0n) is 8.91. The highest BCUT2D eigenvalue weighted by Crippen LogP contribution is 2.02. The van der Waals surface area contributed by atoms with Gasteiger partial charge in [-0.05, 0) is 13.0 Å². The second kappa shape index (κ2) is 6.91. The molecule has 1 aromatic rings. The maximum absolute atomic E-state index is 5.58. The van der Waals surface area contributed by atoms with E-state index < -0.39 is 0 Å². The quantitative estimate of drug-likeness (QED) is 0.285. The molecule has 0 aliphatic rings. The van der Waals surface area contributed by atoms with E-state index in [0.29, 0.717) is 5.84 Å². The lowest BCUT2D eigenvalue weighted by atomic mass is 10.1. The van der Waals surface area contributed by atoms with E-state index in [1.807, 2.05) is 45.0 Å². The van der Waals surface area contributed by atoms with Gasteiger partial charge in [0.2, 0.25) is 0 Å². The third-order valence-corrected chi connectivity index (χ3v) is 1.50. The number of nitrogens with two attached hydrogens (primary N) is 2. The van der Waals surface area contributed by atoms with Gasteiger partial charge in [0, 0.05) is 5.56 Å². The molecule has 0 fully saturated rings.